The van der Waals surface area contributed by atoms with Crippen molar-refractivity contribution in [3.8, 4) is 6.07 Å². The lowest BCUT2D eigenvalue weighted by Crippen LogP contribution is -2.19. The first-order valence-corrected chi connectivity index (χ1v) is 6.94. The quantitative estimate of drug-likeness (QED) is 0.896. The smallest absolute Gasteiger partial charge is 0.381 e. The summed E-state index contributed by atoms with van der Waals surface area (Å²) in [5, 5.41) is 12.3. The Morgan fingerprint density at radius 1 is 1.42 bits per heavy atom. The van der Waals surface area contributed by atoms with Crippen LogP contribution in [0.2, 0.25) is 0 Å². The zero-order chi connectivity index (χ0) is 14.0. The number of nitrogens with zero attached hydrogens (tertiary/aromatic N) is 1. The third-order valence-electron chi connectivity index (χ3n) is 3.01. The van der Waals surface area contributed by atoms with Gasteiger partial charge in [0.05, 0.1) is 17.2 Å². The van der Waals surface area contributed by atoms with Gasteiger partial charge in [-0.3, -0.25) is 0 Å². The molecule has 1 saturated heterocycles. The lowest BCUT2D eigenvalue weighted by atomic mass is 10.1. The Balaban J connectivity index is 2.21. The van der Waals surface area contributed by atoms with Crippen molar-refractivity contribution in [1.29, 1.82) is 5.26 Å². The number of rotatable bonds is 2. The fraction of sp³-hybridized carbons (Fsp3) is 0.462. The first-order valence-electron chi connectivity index (χ1n) is 5.89. The van der Waals surface area contributed by atoms with Crippen molar-refractivity contribution < 1.29 is 13.2 Å². The summed E-state index contributed by atoms with van der Waals surface area (Å²) in [6, 6.07) is 5.54. The lowest BCUT2D eigenvalue weighted by Gasteiger charge is -2.16. The van der Waals surface area contributed by atoms with Gasteiger partial charge >= 0.3 is 6.18 Å². The second-order valence-electron chi connectivity index (χ2n) is 4.59. The molecule has 2 nitrogen and oxygen atoms in total. The van der Waals surface area contributed by atoms with Gasteiger partial charge in [-0.25, -0.2) is 0 Å². The molecule has 0 saturated carbocycles. The molecule has 1 heterocycles. The summed E-state index contributed by atoms with van der Waals surface area (Å²) in [7, 11) is 0. The van der Waals surface area contributed by atoms with Crippen LogP contribution < -0.4 is 5.32 Å². The molecule has 1 aromatic rings. The van der Waals surface area contributed by atoms with Gasteiger partial charge in [0.1, 0.15) is 0 Å². The van der Waals surface area contributed by atoms with Gasteiger partial charge in [0.25, 0.3) is 0 Å². The zero-order valence-corrected chi connectivity index (χ0v) is 11.1. The van der Waals surface area contributed by atoms with E-state index in [2.05, 4.69) is 12.2 Å². The lowest BCUT2D eigenvalue weighted by molar-refractivity contribution is -0.137. The van der Waals surface area contributed by atoms with Crippen molar-refractivity contribution >= 4 is 17.4 Å². The van der Waals surface area contributed by atoms with Gasteiger partial charge in [-0.1, -0.05) is 6.92 Å². The van der Waals surface area contributed by atoms with E-state index in [1.165, 1.54) is 12.1 Å². The van der Waals surface area contributed by atoms with Crippen LogP contribution in [0.5, 0.6) is 0 Å². The molecular formula is C13H13F3N2S. The summed E-state index contributed by atoms with van der Waals surface area (Å²) < 4.78 is 38.4. The van der Waals surface area contributed by atoms with Crippen LogP contribution in [-0.4, -0.2) is 17.0 Å². The highest BCUT2D eigenvalue weighted by atomic mass is 32.2. The Kier molecular flexibility index (Phi) is 3.95. The molecule has 1 aliphatic heterocycles. The molecule has 0 aliphatic carbocycles. The fourth-order valence-corrected chi connectivity index (χ4v) is 3.27. The van der Waals surface area contributed by atoms with Crippen molar-refractivity contribution in [2.75, 3.05) is 11.1 Å². The minimum Gasteiger partial charge on any atom is -0.381 e. The maximum absolute atomic E-state index is 12.8. The Morgan fingerprint density at radius 3 is 2.68 bits per heavy atom. The molecule has 1 N–H and O–H groups in total. The summed E-state index contributed by atoms with van der Waals surface area (Å²) in [6.07, 6.45) is -3.56. The predicted molar refractivity (Wildman–Crippen MR) is 70.1 cm³/mol. The predicted octanol–water partition coefficient (Wildman–Crippen LogP) is 3.88. The monoisotopic (exact) mass is 286 g/mol. The van der Waals surface area contributed by atoms with E-state index in [9.17, 15) is 13.2 Å². The molecular weight excluding hydrogens is 273 g/mol. The number of nitrogens with one attached hydrogen (secondary N) is 1. The first-order chi connectivity index (χ1) is 8.90. The number of halogens is 3. The first kappa shape index (κ1) is 14.1. The molecule has 0 amide bonds. The van der Waals surface area contributed by atoms with Gasteiger partial charge in [-0.15, -0.1) is 0 Å². The summed E-state index contributed by atoms with van der Waals surface area (Å²) in [5.74, 6) is 0.891. The SMILES string of the molecule is CC1CC(Nc2ccc(C#N)c(C(F)(F)F)c2)CS1. The summed E-state index contributed by atoms with van der Waals surface area (Å²) in [6.45, 7) is 2.10. The van der Waals surface area contributed by atoms with Gasteiger partial charge < -0.3 is 5.32 Å². The van der Waals surface area contributed by atoms with Crippen LogP contribution in [0.25, 0.3) is 0 Å². The molecule has 0 spiro atoms. The van der Waals surface area contributed by atoms with E-state index < -0.39 is 11.7 Å². The molecule has 0 radical (unpaired) electrons. The highest BCUT2D eigenvalue weighted by Crippen LogP contribution is 2.34. The number of benzene rings is 1. The van der Waals surface area contributed by atoms with Gasteiger partial charge in [-0.2, -0.15) is 30.2 Å². The minimum absolute atomic E-state index is 0.189. The van der Waals surface area contributed by atoms with Crippen LogP contribution in [0.3, 0.4) is 0 Å². The fourth-order valence-electron chi connectivity index (χ4n) is 2.12. The summed E-state index contributed by atoms with van der Waals surface area (Å²) in [5.41, 5.74) is -0.795. The highest BCUT2D eigenvalue weighted by Gasteiger charge is 2.34. The van der Waals surface area contributed by atoms with Gasteiger partial charge in [0, 0.05) is 22.7 Å². The average molecular weight is 286 g/mol. The summed E-state index contributed by atoms with van der Waals surface area (Å²) >= 11 is 1.80. The molecule has 102 valence electrons. The Hall–Kier alpha value is -1.35. The number of alkyl halides is 3. The Morgan fingerprint density at radius 2 is 2.16 bits per heavy atom. The van der Waals surface area contributed by atoms with Crippen LogP contribution >= 0.6 is 11.8 Å². The molecule has 1 aromatic carbocycles. The normalized spacial score (nSPS) is 23.1. The number of hydrogen-bond donors (Lipinski definition) is 1. The maximum atomic E-state index is 12.8. The van der Waals surface area contributed by atoms with E-state index in [0.29, 0.717) is 10.9 Å². The Bertz CT molecular complexity index is 508. The van der Waals surface area contributed by atoms with Gasteiger partial charge in [0.15, 0.2) is 0 Å². The third kappa shape index (κ3) is 3.35. The van der Waals surface area contributed by atoms with Gasteiger partial charge in [-0.05, 0) is 24.6 Å². The second-order valence-corrected chi connectivity index (χ2v) is 6.06. The molecule has 1 fully saturated rings. The van der Waals surface area contributed by atoms with Crippen molar-refractivity contribution in [3.63, 3.8) is 0 Å². The van der Waals surface area contributed by atoms with Crippen LogP contribution in [0, 0.1) is 11.3 Å². The van der Waals surface area contributed by atoms with Crippen molar-refractivity contribution in [1.82, 2.24) is 0 Å². The molecule has 1 aliphatic rings. The maximum Gasteiger partial charge on any atom is 0.417 e. The Labute approximate surface area is 114 Å². The highest BCUT2D eigenvalue weighted by molar-refractivity contribution is 8.00. The second kappa shape index (κ2) is 5.33. The largest absolute Gasteiger partial charge is 0.417 e. The van der Waals surface area contributed by atoms with Gasteiger partial charge in [0.2, 0.25) is 0 Å². The standard InChI is InChI=1S/C13H13F3N2S/c1-8-4-11(7-19-8)18-10-3-2-9(6-17)12(5-10)13(14,15)16/h2-3,5,8,11,18H,4,7H2,1H3. The number of anilines is 1. The van der Waals surface area contributed by atoms with Crippen molar-refractivity contribution in [2.24, 2.45) is 0 Å². The number of hydrogen-bond acceptors (Lipinski definition) is 3. The molecule has 2 atom stereocenters. The molecule has 0 bridgehead atoms. The third-order valence-corrected chi connectivity index (χ3v) is 4.37. The average Bonchev–Trinajstić information content (AvgIpc) is 2.73. The minimum atomic E-state index is -4.50. The van der Waals surface area contributed by atoms with E-state index in [0.717, 1.165) is 18.2 Å². The van der Waals surface area contributed by atoms with E-state index in [-0.39, 0.29) is 11.6 Å². The summed E-state index contributed by atoms with van der Waals surface area (Å²) in [4.78, 5) is 0. The van der Waals surface area contributed by atoms with E-state index in [1.54, 1.807) is 17.8 Å². The van der Waals surface area contributed by atoms with Crippen LogP contribution in [-0.2, 0) is 6.18 Å². The van der Waals surface area contributed by atoms with Crippen LogP contribution in [0.15, 0.2) is 18.2 Å². The van der Waals surface area contributed by atoms with E-state index >= 15 is 0 Å². The van der Waals surface area contributed by atoms with Crippen LogP contribution in [0.1, 0.15) is 24.5 Å². The van der Waals surface area contributed by atoms with Crippen molar-refractivity contribution in [3.05, 3.63) is 29.3 Å². The number of nitriles is 1. The van der Waals surface area contributed by atoms with Crippen molar-refractivity contribution in [2.45, 2.75) is 30.8 Å². The topological polar surface area (TPSA) is 35.8 Å². The molecule has 0 aromatic heterocycles. The molecule has 6 heteroatoms. The van der Waals surface area contributed by atoms with E-state index in [4.69, 9.17) is 5.26 Å². The molecule has 2 rings (SSSR count). The number of thioether (sulfide) groups is 1. The molecule has 19 heavy (non-hydrogen) atoms. The van der Waals surface area contributed by atoms with Crippen LogP contribution in [0.4, 0.5) is 18.9 Å². The molecule has 2 unspecified atom stereocenters. The van der Waals surface area contributed by atoms with E-state index in [1.807, 2.05) is 0 Å². The zero-order valence-electron chi connectivity index (χ0n) is 10.3.